The van der Waals surface area contributed by atoms with Gasteiger partial charge in [0.25, 0.3) is 5.56 Å². The molecule has 27 heavy (non-hydrogen) atoms. The summed E-state index contributed by atoms with van der Waals surface area (Å²) in [7, 11) is 4.01. The molecule has 0 bridgehead atoms. The second-order valence-corrected chi connectivity index (χ2v) is 7.76. The topological polar surface area (TPSA) is 80.2 Å². The third-order valence-corrected chi connectivity index (χ3v) is 5.92. The van der Waals surface area contributed by atoms with Gasteiger partial charge in [-0.1, -0.05) is 19.3 Å². The maximum absolute atomic E-state index is 12.5. The molecule has 148 valence electrons. The van der Waals surface area contributed by atoms with Gasteiger partial charge in [-0.2, -0.15) is 5.26 Å². The van der Waals surface area contributed by atoms with Crippen LogP contribution in [-0.4, -0.2) is 53.9 Å². The van der Waals surface area contributed by atoms with E-state index in [1.807, 2.05) is 20.0 Å². The highest BCUT2D eigenvalue weighted by molar-refractivity contribution is 5.76. The zero-order chi connectivity index (χ0) is 20.0. The maximum atomic E-state index is 12.5. The van der Waals surface area contributed by atoms with E-state index < -0.39 is 0 Å². The summed E-state index contributed by atoms with van der Waals surface area (Å²) in [6, 6.07) is 2.61. The second-order valence-electron chi connectivity index (χ2n) is 7.76. The Morgan fingerprint density at radius 2 is 1.85 bits per heavy atom. The van der Waals surface area contributed by atoms with Crippen molar-refractivity contribution in [3.8, 4) is 6.07 Å². The largest absolute Gasteiger partial charge is 0.344 e. The number of carbonyl (C=O) groups is 1. The average Bonchev–Trinajstić information content (AvgIpc) is 2.66. The minimum atomic E-state index is -0.356. The number of hydrogen-bond acceptors (Lipinski definition) is 4. The van der Waals surface area contributed by atoms with E-state index in [4.69, 9.17) is 5.26 Å². The first kappa shape index (κ1) is 21.2. The Hall–Kier alpha value is -2.13. The molecule has 1 aromatic rings. The van der Waals surface area contributed by atoms with Gasteiger partial charge in [-0.25, -0.2) is 0 Å². The molecule has 6 nitrogen and oxygen atoms in total. The van der Waals surface area contributed by atoms with E-state index in [1.165, 1.54) is 32.1 Å². The van der Waals surface area contributed by atoms with Gasteiger partial charge in [0.15, 0.2) is 0 Å². The zero-order valence-electron chi connectivity index (χ0n) is 17.1. The minimum absolute atomic E-state index is 0.0931. The van der Waals surface area contributed by atoms with E-state index in [2.05, 4.69) is 16.9 Å². The Morgan fingerprint density at radius 3 is 2.48 bits per heavy atom. The number of nitriles is 1. The SMILES string of the molecule is Cc1[nH]c(=O)c(C#N)c(C)c1CCC(=O)N(C)CCN(C)C1CCCCC1. The Balaban J connectivity index is 1.88. The molecule has 0 aliphatic heterocycles. The minimum Gasteiger partial charge on any atom is -0.344 e. The summed E-state index contributed by atoms with van der Waals surface area (Å²) >= 11 is 0. The predicted molar refractivity (Wildman–Crippen MR) is 107 cm³/mol. The molecule has 1 fully saturated rings. The van der Waals surface area contributed by atoms with Crippen LogP contribution in [0.1, 0.15) is 60.9 Å². The van der Waals surface area contributed by atoms with Gasteiger partial charge in [-0.3, -0.25) is 9.59 Å². The van der Waals surface area contributed by atoms with E-state index in [9.17, 15) is 9.59 Å². The summed E-state index contributed by atoms with van der Waals surface area (Å²) < 4.78 is 0. The standard InChI is InChI=1S/C21H32N4O2/c1-15-18(16(2)23-21(27)19(15)14-22)10-11-20(26)25(4)13-12-24(3)17-8-6-5-7-9-17/h17H,5-13H2,1-4H3,(H,23,27). The molecule has 0 atom stereocenters. The highest BCUT2D eigenvalue weighted by Crippen LogP contribution is 2.21. The fourth-order valence-corrected chi connectivity index (χ4v) is 3.98. The Labute approximate surface area is 162 Å². The van der Waals surface area contributed by atoms with Crippen LogP contribution >= 0.6 is 0 Å². The molecule has 1 heterocycles. The smallest absolute Gasteiger partial charge is 0.266 e. The van der Waals surface area contributed by atoms with Gasteiger partial charge in [0.2, 0.25) is 5.91 Å². The number of aryl methyl sites for hydroxylation is 1. The zero-order valence-corrected chi connectivity index (χ0v) is 17.1. The first-order valence-corrected chi connectivity index (χ1v) is 9.91. The highest BCUT2D eigenvalue weighted by atomic mass is 16.2. The van der Waals surface area contributed by atoms with Crippen LogP contribution < -0.4 is 5.56 Å². The number of pyridine rings is 1. The van der Waals surface area contributed by atoms with Gasteiger partial charge in [0.05, 0.1) is 0 Å². The summed E-state index contributed by atoms with van der Waals surface area (Å²) in [6.07, 6.45) is 7.41. The van der Waals surface area contributed by atoms with Crippen molar-refractivity contribution in [1.29, 1.82) is 5.26 Å². The van der Waals surface area contributed by atoms with Crippen molar-refractivity contribution in [2.45, 2.75) is 64.8 Å². The number of carbonyl (C=O) groups excluding carboxylic acids is 1. The van der Waals surface area contributed by atoms with Crippen molar-refractivity contribution >= 4 is 5.91 Å². The maximum Gasteiger partial charge on any atom is 0.266 e. The summed E-state index contributed by atoms with van der Waals surface area (Å²) in [5, 5.41) is 9.16. The number of rotatable bonds is 7. The summed E-state index contributed by atoms with van der Waals surface area (Å²) in [6.45, 7) is 5.21. The molecule has 1 N–H and O–H groups in total. The van der Waals surface area contributed by atoms with Gasteiger partial charge < -0.3 is 14.8 Å². The summed E-state index contributed by atoms with van der Waals surface area (Å²) in [5.74, 6) is 0.0931. The Bertz CT molecular complexity index is 757. The van der Waals surface area contributed by atoms with Crippen molar-refractivity contribution < 1.29 is 4.79 Å². The van der Waals surface area contributed by atoms with Crippen molar-refractivity contribution in [2.75, 3.05) is 27.2 Å². The number of likely N-dealkylation sites (N-methyl/N-ethyl adjacent to an activating group) is 2. The van der Waals surface area contributed by atoms with Gasteiger partial charge in [-0.15, -0.1) is 0 Å². The molecule has 0 saturated heterocycles. The van der Waals surface area contributed by atoms with E-state index in [0.29, 0.717) is 24.4 Å². The van der Waals surface area contributed by atoms with Gasteiger partial charge in [0.1, 0.15) is 11.6 Å². The molecule has 1 aliphatic rings. The molecule has 0 radical (unpaired) electrons. The molecule has 1 saturated carbocycles. The molecule has 1 aliphatic carbocycles. The fraction of sp³-hybridized carbons (Fsp3) is 0.667. The van der Waals surface area contributed by atoms with Crippen LogP contribution in [0.15, 0.2) is 4.79 Å². The van der Waals surface area contributed by atoms with Crippen LogP contribution in [0.2, 0.25) is 0 Å². The van der Waals surface area contributed by atoms with Gasteiger partial charge >= 0.3 is 0 Å². The quantitative estimate of drug-likeness (QED) is 0.797. The highest BCUT2D eigenvalue weighted by Gasteiger charge is 2.19. The lowest BCUT2D eigenvalue weighted by molar-refractivity contribution is -0.130. The number of aromatic amines is 1. The third kappa shape index (κ3) is 5.43. The fourth-order valence-electron chi connectivity index (χ4n) is 3.98. The molecule has 0 aromatic carbocycles. The van der Waals surface area contributed by atoms with Crippen molar-refractivity contribution in [3.63, 3.8) is 0 Å². The van der Waals surface area contributed by atoms with E-state index in [1.54, 1.807) is 11.8 Å². The van der Waals surface area contributed by atoms with Crippen LogP contribution in [0.3, 0.4) is 0 Å². The number of nitrogens with one attached hydrogen (secondary N) is 1. The molecule has 0 unspecified atom stereocenters. The van der Waals surface area contributed by atoms with Crippen LogP contribution in [0.4, 0.5) is 0 Å². The molecule has 0 spiro atoms. The molecule has 1 amide bonds. The lowest BCUT2D eigenvalue weighted by Crippen LogP contribution is -2.40. The molecule has 1 aromatic heterocycles. The number of nitrogens with zero attached hydrogens (tertiary/aromatic N) is 3. The van der Waals surface area contributed by atoms with Crippen LogP contribution in [0, 0.1) is 25.2 Å². The van der Waals surface area contributed by atoms with Crippen molar-refractivity contribution in [2.24, 2.45) is 0 Å². The Kier molecular flexibility index (Phi) is 7.61. The monoisotopic (exact) mass is 372 g/mol. The summed E-state index contributed by atoms with van der Waals surface area (Å²) in [4.78, 5) is 31.2. The van der Waals surface area contributed by atoms with Crippen LogP contribution in [-0.2, 0) is 11.2 Å². The van der Waals surface area contributed by atoms with Gasteiger partial charge in [0, 0.05) is 38.3 Å². The van der Waals surface area contributed by atoms with Gasteiger partial charge in [-0.05, 0) is 51.3 Å². The van der Waals surface area contributed by atoms with E-state index in [0.717, 1.165) is 24.3 Å². The number of amides is 1. The molecular weight excluding hydrogens is 340 g/mol. The summed E-state index contributed by atoms with van der Waals surface area (Å²) in [5.41, 5.74) is 2.11. The first-order valence-electron chi connectivity index (χ1n) is 9.91. The number of aromatic nitrogens is 1. The lowest BCUT2D eigenvalue weighted by atomic mass is 9.94. The lowest BCUT2D eigenvalue weighted by Gasteiger charge is -2.32. The van der Waals surface area contributed by atoms with Crippen molar-refractivity contribution in [1.82, 2.24) is 14.8 Å². The molecule has 6 heteroatoms. The molecule has 2 rings (SSSR count). The predicted octanol–water partition coefficient (Wildman–Crippen LogP) is 2.52. The van der Waals surface area contributed by atoms with Crippen LogP contribution in [0.5, 0.6) is 0 Å². The second kappa shape index (κ2) is 9.70. The third-order valence-electron chi connectivity index (χ3n) is 5.92. The molecular formula is C21H32N4O2. The van der Waals surface area contributed by atoms with E-state index >= 15 is 0 Å². The first-order chi connectivity index (χ1) is 12.8. The normalized spacial score (nSPS) is 15.0. The Morgan fingerprint density at radius 1 is 1.19 bits per heavy atom. The number of H-pyrrole nitrogens is 1. The number of hydrogen-bond donors (Lipinski definition) is 1. The van der Waals surface area contributed by atoms with Crippen molar-refractivity contribution in [3.05, 3.63) is 32.7 Å². The average molecular weight is 373 g/mol. The van der Waals surface area contributed by atoms with E-state index in [-0.39, 0.29) is 17.0 Å². The van der Waals surface area contributed by atoms with Crippen LogP contribution in [0.25, 0.3) is 0 Å².